The van der Waals surface area contributed by atoms with Crippen molar-refractivity contribution in [2.24, 2.45) is 0 Å². The molecule has 1 fully saturated rings. The highest BCUT2D eigenvalue weighted by Gasteiger charge is 2.38. The van der Waals surface area contributed by atoms with Gasteiger partial charge in [-0.15, -0.1) is 0 Å². The number of nitrogens with zero attached hydrogens (tertiary/aromatic N) is 4. The number of carbonyl (C=O) groups excluding carboxylic acids is 3. The highest BCUT2D eigenvalue weighted by molar-refractivity contribution is 6.01. The molecule has 0 bridgehead atoms. The van der Waals surface area contributed by atoms with Gasteiger partial charge in [0.15, 0.2) is 0 Å². The number of carboxylic acid groups (broad SMARTS) is 1. The molecule has 4 rings (SSSR count). The molecule has 1 saturated heterocycles. The summed E-state index contributed by atoms with van der Waals surface area (Å²) in [6, 6.07) is 20.7. The molecular formula is C35H44N4O6. The highest BCUT2D eigenvalue weighted by Crippen LogP contribution is 2.33. The fourth-order valence-corrected chi connectivity index (χ4v) is 5.70. The molecule has 1 aliphatic heterocycles. The van der Waals surface area contributed by atoms with Crippen LogP contribution in [-0.4, -0.2) is 92.1 Å². The molecule has 1 aliphatic rings. The van der Waals surface area contributed by atoms with Gasteiger partial charge in [-0.25, -0.2) is 4.79 Å². The average molecular weight is 617 g/mol. The van der Waals surface area contributed by atoms with Crippen LogP contribution in [0.5, 0.6) is 0 Å². The Kier molecular flexibility index (Phi) is 10.4. The summed E-state index contributed by atoms with van der Waals surface area (Å²) in [7, 11) is 0. The molecule has 10 nitrogen and oxygen atoms in total. The zero-order chi connectivity index (χ0) is 32.9. The quantitative estimate of drug-likeness (QED) is 0.334. The topological polar surface area (TPSA) is 112 Å². The minimum atomic E-state index is -1.05. The van der Waals surface area contributed by atoms with Gasteiger partial charge in [0.1, 0.15) is 5.60 Å². The Hall–Kier alpha value is -4.60. The van der Waals surface area contributed by atoms with Gasteiger partial charge in [0, 0.05) is 50.0 Å². The number of carbonyl (C=O) groups is 4. The molecule has 3 amide bonds. The Morgan fingerprint density at radius 1 is 0.956 bits per heavy atom. The molecule has 2 heterocycles. The second-order valence-corrected chi connectivity index (χ2v) is 12.7. The van der Waals surface area contributed by atoms with E-state index in [-0.39, 0.29) is 56.9 Å². The maximum atomic E-state index is 14.6. The van der Waals surface area contributed by atoms with Gasteiger partial charge in [0.05, 0.1) is 23.7 Å². The van der Waals surface area contributed by atoms with Crippen LogP contribution in [0, 0.1) is 6.92 Å². The van der Waals surface area contributed by atoms with E-state index in [1.54, 1.807) is 35.5 Å². The third-order valence-electron chi connectivity index (χ3n) is 7.78. The van der Waals surface area contributed by atoms with Gasteiger partial charge in [-0.1, -0.05) is 48.5 Å². The molecule has 1 atom stereocenters. The van der Waals surface area contributed by atoms with E-state index in [2.05, 4.69) is 4.57 Å². The number of aromatic nitrogens is 1. The zero-order valence-electron chi connectivity index (χ0n) is 27.0. The number of amides is 3. The van der Waals surface area contributed by atoms with Crippen molar-refractivity contribution in [3.05, 3.63) is 78.0 Å². The van der Waals surface area contributed by atoms with Crippen LogP contribution in [0.1, 0.15) is 63.5 Å². The summed E-state index contributed by atoms with van der Waals surface area (Å²) in [6.07, 6.45) is -0.920. The molecule has 45 heavy (non-hydrogen) atoms. The molecule has 3 aromatic rings. The molecular weight excluding hydrogens is 572 g/mol. The number of aliphatic carboxylic acids is 1. The molecule has 0 saturated carbocycles. The summed E-state index contributed by atoms with van der Waals surface area (Å²) in [5.41, 5.74) is 3.28. The van der Waals surface area contributed by atoms with Gasteiger partial charge < -0.3 is 29.1 Å². The lowest BCUT2D eigenvalue weighted by molar-refractivity contribution is -0.142. The summed E-state index contributed by atoms with van der Waals surface area (Å²) in [5, 5.41) is 9.18. The van der Waals surface area contributed by atoms with E-state index in [0.717, 1.165) is 22.6 Å². The van der Waals surface area contributed by atoms with Crippen molar-refractivity contribution in [3.8, 4) is 16.9 Å². The molecule has 1 aromatic heterocycles. The Bertz CT molecular complexity index is 1510. The van der Waals surface area contributed by atoms with E-state index < -0.39 is 23.7 Å². The van der Waals surface area contributed by atoms with E-state index in [9.17, 15) is 24.3 Å². The van der Waals surface area contributed by atoms with Gasteiger partial charge in [-0.05, 0) is 65.3 Å². The second kappa shape index (κ2) is 14.0. The van der Waals surface area contributed by atoms with Crippen molar-refractivity contribution in [2.45, 2.75) is 72.1 Å². The van der Waals surface area contributed by atoms with Crippen molar-refractivity contribution < 1.29 is 29.0 Å². The minimum absolute atomic E-state index is 0.139. The first-order chi connectivity index (χ1) is 21.3. The normalized spacial score (nSPS) is 15.2. The number of rotatable bonds is 9. The third-order valence-corrected chi connectivity index (χ3v) is 7.78. The Morgan fingerprint density at radius 3 is 2.16 bits per heavy atom. The largest absolute Gasteiger partial charge is 0.481 e. The summed E-state index contributed by atoms with van der Waals surface area (Å²) in [6.45, 7) is 11.9. The van der Waals surface area contributed by atoms with Crippen molar-refractivity contribution in [2.75, 3.05) is 26.2 Å². The number of para-hydroxylation sites is 1. The van der Waals surface area contributed by atoms with E-state index in [1.165, 1.54) is 0 Å². The summed E-state index contributed by atoms with van der Waals surface area (Å²) in [4.78, 5) is 57.1. The lowest BCUT2D eigenvalue weighted by atomic mass is 10.0. The first-order valence-corrected chi connectivity index (χ1v) is 15.4. The Labute approximate surface area is 265 Å². The predicted octanol–water partition coefficient (Wildman–Crippen LogP) is 5.62. The smallest absolute Gasteiger partial charge is 0.410 e. The first kappa shape index (κ1) is 33.3. The highest BCUT2D eigenvalue weighted by atomic mass is 16.6. The van der Waals surface area contributed by atoms with Crippen molar-refractivity contribution in [1.29, 1.82) is 0 Å². The fraction of sp³-hybridized carbons (Fsp3) is 0.429. The van der Waals surface area contributed by atoms with Crippen LogP contribution in [0.2, 0.25) is 0 Å². The van der Waals surface area contributed by atoms with Crippen LogP contribution >= 0.6 is 0 Å². The number of ether oxygens (including phenoxy) is 1. The third kappa shape index (κ3) is 8.12. The molecule has 10 heteroatoms. The second-order valence-electron chi connectivity index (χ2n) is 12.7. The molecule has 0 unspecified atom stereocenters. The van der Waals surface area contributed by atoms with E-state index in [0.29, 0.717) is 5.56 Å². The van der Waals surface area contributed by atoms with Gasteiger partial charge in [-0.3, -0.25) is 14.4 Å². The van der Waals surface area contributed by atoms with Crippen LogP contribution in [0.15, 0.2) is 66.7 Å². The van der Waals surface area contributed by atoms with E-state index >= 15 is 0 Å². The number of hydrogen-bond acceptors (Lipinski definition) is 5. The van der Waals surface area contributed by atoms with Crippen molar-refractivity contribution in [1.82, 2.24) is 19.3 Å². The molecule has 0 aliphatic carbocycles. The van der Waals surface area contributed by atoms with E-state index in [1.807, 2.05) is 87.5 Å². The lowest BCUT2D eigenvalue weighted by Crippen LogP contribution is -2.61. The molecule has 0 radical (unpaired) electrons. The van der Waals surface area contributed by atoms with Crippen LogP contribution < -0.4 is 0 Å². The maximum absolute atomic E-state index is 14.6. The van der Waals surface area contributed by atoms with Crippen LogP contribution in [0.4, 0.5) is 4.79 Å². The fourth-order valence-electron chi connectivity index (χ4n) is 5.70. The first-order valence-electron chi connectivity index (χ1n) is 15.4. The number of hydrogen-bond donors (Lipinski definition) is 1. The number of aryl methyl sites for hydroxylation is 1. The number of benzene rings is 2. The summed E-state index contributed by atoms with van der Waals surface area (Å²) in [5.74, 6) is -1.57. The van der Waals surface area contributed by atoms with Crippen molar-refractivity contribution in [3.63, 3.8) is 0 Å². The Balaban J connectivity index is 1.75. The van der Waals surface area contributed by atoms with Gasteiger partial charge >= 0.3 is 12.1 Å². The minimum Gasteiger partial charge on any atom is -0.481 e. The zero-order valence-corrected chi connectivity index (χ0v) is 27.0. The number of piperazine rings is 1. The molecule has 1 N–H and O–H groups in total. The van der Waals surface area contributed by atoms with Gasteiger partial charge in [0.25, 0.3) is 5.91 Å². The maximum Gasteiger partial charge on any atom is 0.410 e. The SMILES string of the molecule is Cc1cc(C(=O)N2CCN(C(=O)OC(C)(C)C)C[C@H]2CN(C(=O)CCC(=O)O)C(C)C)c(-c2ccccc2)n1-c1ccccc1. The van der Waals surface area contributed by atoms with Gasteiger partial charge in [0.2, 0.25) is 5.91 Å². The number of carboxylic acids is 1. The van der Waals surface area contributed by atoms with Crippen molar-refractivity contribution >= 4 is 23.9 Å². The summed E-state index contributed by atoms with van der Waals surface area (Å²) < 4.78 is 7.72. The van der Waals surface area contributed by atoms with Crippen LogP contribution in [0.3, 0.4) is 0 Å². The molecule has 0 spiro atoms. The lowest BCUT2D eigenvalue weighted by Gasteiger charge is -2.44. The van der Waals surface area contributed by atoms with E-state index in [4.69, 9.17) is 4.74 Å². The van der Waals surface area contributed by atoms with Crippen LogP contribution in [-0.2, 0) is 14.3 Å². The van der Waals surface area contributed by atoms with Gasteiger partial charge in [-0.2, -0.15) is 0 Å². The predicted molar refractivity (Wildman–Crippen MR) is 172 cm³/mol. The summed E-state index contributed by atoms with van der Waals surface area (Å²) >= 11 is 0. The molecule has 2 aromatic carbocycles. The standard InChI is InChI=1S/C35H44N4O6/c1-24(2)38(30(40)17-18-31(41)42)23-28-22-36(34(44)45-35(4,5)6)19-20-37(28)33(43)29-21-25(3)39(27-15-11-8-12-16-27)32(29)26-13-9-7-10-14-26/h7-16,21,24,28H,17-20,22-23H2,1-6H3,(H,41,42)/t28-/m0/s1. The monoisotopic (exact) mass is 616 g/mol. The Morgan fingerprint density at radius 2 is 1.58 bits per heavy atom. The average Bonchev–Trinajstić information content (AvgIpc) is 3.34. The molecule has 240 valence electrons. The van der Waals surface area contributed by atoms with Crippen LogP contribution in [0.25, 0.3) is 16.9 Å².